The number of aromatic nitrogens is 2. The molecule has 0 radical (unpaired) electrons. The van der Waals surface area contributed by atoms with E-state index in [0.717, 1.165) is 25.5 Å². The third-order valence-electron chi connectivity index (χ3n) is 4.53. The number of hydrogen-bond donors (Lipinski definition) is 1. The molecule has 2 fully saturated rings. The zero-order valence-electron chi connectivity index (χ0n) is 11.8. The summed E-state index contributed by atoms with van der Waals surface area (Å²) in [6.45, 7) is 2.33. The number of amides is 3. The average Bonchev–Trinajstić information content (AvgIpc) is 3.02. The van der Waals surface area contributed by atoms with Crippen LogP contribution in [0.3, 0.4) is 0 Å². The van der Waals surface area contributed by atoms with Gasteiger partial charge in [0.15, 0.2) is 0 Å². The van der Waals surface area contributed by atoms with E-state index in [1.165, 1.54) is 4.90 Å². The van der Waals surface area contributed by atoms with Gasteiger partial charge in [-0.25, -0.2) is 9.78 Å². The predicted molar refractivity (Wildman–Crippen MR) is 71.8 cm³/mol. The molecule has 2 aliphatic rings. The first-order chi connectivity index (χ1) is 9.54. The van der Waals surface area contributed by atoms with Crippen molar-refractivity contribution in [3.63, 3.8) is 0 Å². The molecule has 0 saturated carbocycles. The number of hydrogen-bond acceptors (Lipinski definition) is 4. The Morgan fingerprint density at radius 2 is 2.00 bits per heavy atom. The molecular weight excluding hydrogens is 258 g/mol. The minimum Gasteiger partial charge on any atom is -0.348 e. The number of urea groups is 1. The molecule has 3 amide bonds. The van der Waals surface area contributed by atoms with Crippen molar-refractivity contribution in [3.8, 4) is 0 Å². The van der Waals surface area contributed by atoms with E-state index in [-0.39, 0.29) is 11.9 Å². The molecular formula is C13H19N5O2. The van der Waals surface area contributed by atoms with Crippen LogP contribution in [-0.4, -0.2) is 69.3 Å². The number of nitrogens with one attached hydrogen (secondary N) is 1. The standard InChI is InChI=1S/C13H19N5O2/c1-16-11(19)13(17(2)12(16)20)3-7-18(8-4-13)9-10-14-5-6-15-10/h5-6H,3-4,7-9H2,1-2H3,(H,14,15). The smallest absolute Gasteiger partial charge is 0.327 e. The van der Waals surface area contributed by atoms with Crippen LogP contribution in [0.2, 0.25) is 0 Å². The Hall–Kier alpha value is -1.89. The van der Waals surface area contributed by atoms with E-state index in [4.69, 9.17) is 0 Å². The summed E-state index contributed by atoms with van der Waals surface area (Å²) in [4.78, 5) is 36.7. The Morgan fingerprint density at radius 1 is 1.30 bits per heavy atom. The summed E-state index contributed by atoms with van der Waals surface area (Å²) in [5, 5.41) is 0. The monoisotopic (exact) mass is 277 g/mol. The van der Waals surface area contributed by atoms with Crippen molar-refractivity contribution in [2.24, 2.45) is 0 Å². The molecule has 3 heterocycles. The zero-order valence-corrected chi connectivity index (χ0v) is 11.8. The number of piperidine rings is 1. The Morgan fingerprint density at radius 3 is 2.50 bits per heavy atom. The first-order valence-electron chi connectivity index (χ1n) is 6.81. The number of rotatable bonds is 2. The van der Waals surface area contributed by atoms with E-state index in [2.05, 4.69) is 14.9 Å². The lowest BCUT2D eigenvalue weighted by Gasteiger charge is -2.40. The Labute approximate surface area is 117 Å². The molecule has 0 atom stereocenters. The van der Waals surface area contributed by atoms with Crippen LogP contribution in [0.5, 0.6) is 0 Å². The lowest BCUT2D eigenvalue weighted by Crippen LogP contribution is -2.55. The minimum atomic E-state index is -0.633. The van der Waals surface area contributed by atoms with Gasteiger partial charge >= 0.3 is 6.03 Å². The summed E-state index contributed by atoms with van der Waals surface area (Å²) >= 11 is 0. The average molecular weight is 277 g/mol. The fourth-order valence-electron chi connectivity index (χ4n) is 3.18. The molecule has 1 aromatic rings. The Bertz CT molecular complexity index is 519. The second-order valence-electron chi connectivity index (χ2n) is 5.55. The van der Waals surface area contributed by atoms with Crippen molar-refractivity contribution < 1.29 is 9.59 Å². The van der Waals surface area contributed by atoms with Crippen molar-refractivity contribution in [1.29, 1.82) is 0 Å². The summed E-state index contributed by atoms with van der Waals surface area (Å²) in [6, 6.07) is -0.200. The maximum Gasteiger partial charge on any atom is 0.327 e. The molecule has 3 rings (SSSR count). The summed E-state index contributed by atoms with van der Waals surface area (Å²) in [7, 11) is 3.29. The van der Waals surface area contributed by atoms with Gasteiger partial charge in [0.25, 0.3) is 5.91 Å². The summed E-state index contributed by atoms with van der Waals surface area (Å²) in [5.74, 6) is 0.864. The van der Waals surface area contributed by atoms with Crippen LogP contribution in [0.25, 0.3) is 0 Å². The van der Waals surface area contributed by atoms with Crippen molar-refractivity contribution >= 4 is 11.9 Å². The number of H-pyrrole nitrogens is 1. The quantitative estimate of drug-likeness (QED) is 0.788. The number of imidazole rings is 1. The highest BCUT2D eigenvalue weighted by atomic mass is 16.2. The number of aromatic amines is 1. The summed E-state index contributed by atoms with van der Waals surface area (Å²) in [5.41, 5.74) is -0.633. The maximum absolute atomic E-state index is 12.4. The van der Waals surface area contributed by atoms with Crippen LogP contribution in [0, 0.1) is 0 Å². The second-order valence-corrected chi connectivity index (χ2v) is 5.55. The van der Waals surface area contributed by atoms with Crippen LogP contribution >= 0.6 is 0 Å². The second kappa shape index (κ2) is 4.59. The fourth-order valence-corrected chi connectivity index (χ4v) is 3.18. The van der Waals surface area contributed by atoms with Gasteiger partial charge in [-0.2, -0.15) is 0 Å². The predicted octanol–water partition coefficient (Wildman–Crippen LogP) is 0.268. The van der Waals surface area contributed by atoms with Gasteiger partial charge in [0.1, 0.15) is 11.4 Å². The molecule has 2 saturated heterocycles. The Balaban J connectivity index is 1.69. The molecule has 20 heavy (non-hydrogen) atoms. The highest BCUT2D eigenvalue weighted by molar-refractivity contribution is 6.06. The van der Waals surface area contributed by atoms with E-state index in [1.807, 2.05) is 6.20 Å². The highest BCUT2D eigenvalue weighted by Crippen LogP contribution is 2.35. The van der Waals surface area contributed by atoms with Gasteiger partial charge in [0.05, 0.1) is 6.54 Å². The summed E-state index contributed by atoms with van der Waals surface area (Å²) in [6.07, 6.45) is 4.91. The molecule has 108 valence electrons. The van der Waals surface area contributed by atoms with Gasteiger partial charge in [-0.1, -0.05) is 0 Å². The molecule has 0 aliphatic carbocycles. The highest BCUT2D eigenvalue weighted by Gasteiger charge is 2.55. The first-order valence-corrected chi connectivity index (χ1v) is 6.81. The fraction of sp³-hybridized carbons (Fsp3) is 0.615. The number of likely N-dealkylation sites (tertiary alicyclic amines) is 1. The molecule has 0 bridgehead atoms. The SMILES string of the molecule is CN1C(=O)N(C)C2(CCN(Cc3ncc[nH]3)CC2)C1=O. The lowest BCUT2D eigenvalue weighted by atomic mass is 9.86. The van der Waals surface area contributed by atoms with Gasteiger partial charge < -0.3 is 9.88 Å². The van der Waals surface area contributed by atoms with Gasteiger partial charge in [0.2, 0.25) is 0 Å². The van der Waals surface area contributed by atoms with Gasteiger partial charge in [0, 0.05) is 39.6 Å². The molecule has 7 heteroatoms. The first kappa shape index (κ1) is 13.1. The van der Waals surface area contributed by atoms with Crippen LogP contribution in [-0.2, 0) is 11.3 Å². The number of imide groups is 1. The van der Waals surface area contributed by atoms with Crippen molar-refractivity contribution in [3.05, 3.63) is 18.2 Å². The van der Waals surface area contributed by atoms with Crippen molar-refractivity contribution in [2.45, 2.75) is 24.9 Å². The summed E-state index contributed by atoms with van der Waals surface area (Å²) < 4.78 is 0. The van der Waals surface area contributed by atoms with Crippen LogP contribution < -0.4 is 0 Å². The molecule has 1 aromatic heterocycles. The number of carbonyl (C=O) groups excluding carboxylic acids is 2. The largest absolute Gasteiger partial charge is 0.348 e. The van der Waals surface area contributed by atoms with E-state index in [9.17, 15) is 9.59 Å². The van der Waals surface area contributed by atoms with E-state index >= 15 is 0 Å². The Kier molecular flexibility index (Phi) is 3.01. The molecule has 0 unspecified atom stereocenters. The normalized spacial score (nSPS) is 23.1. The molecule has 7 nitrogen and oxygen atoms in total. The molecule has 0 aromatic carbocycles. The van der Waals surface area contributed by atoms with Crippen molar-refractivity contribution in [2.75, 3.05) is 27.2 Å². The number of likely N-dealkylation sites (N-methyl/N-ethyl adjacent to an activating group) is 2. The van der Waals surface area contributed by atoms with Gasteiger partial charge in [-0.15, -0.1) is 0 Å². The third kappa shape index (κ3) is 1.81. The molecule has 1 N–H and O–H groups in total. The van der Waals surface area contributed by atoms with Crippen LogP contribution in [0.15, 0.2) is 12.4 Å². The van der Waals surface area contributed by atoms with Gasteiger partial charge in [-0.05, 0) is 12.8 Å². The maximum atomic E-state index is 12.4. The molecule has 2 aliphatic heterocycles. The van der Waals surface area contributed by atoms with Crippen LogP contribution in [0.4, 0.5) is 4.79 Å². The number of nitrogens with zero attached hydrogens (tertiary/aromatic N) is 4. The third-order valence-corrected chi connectivity index (χ3v) is 4.53. The van der Waals surface area contributed by atoms with E-state index < -0.39 is 5.54 Å². The van der Waals surface area contributed by atoms with E-state index in [1.54, 1.807) is 25.2 Å². The topological polar surface area (TPSA) is 72.5 Å². The van der Waals surface area contributed by atoms with Crippen molar-refractivity contribution in [1.82, 2.24) is 24.7 Å². The zero-order chi connectivity index (χ0) is 14.3. The van der Waals surface area contributed by atoms with Crippen LogP contribution in [0.1, 0.15) is 18.7 Å². The minimum absolute atomic E-state index is 0.0670. The van der Waals surface area contributed by atoms with E-state index in [0.29, 0.717) is 12.8 Å². The number of carbonyl (C=O) groups is 2. The lowest BCUT2D eigenvalue weighted by molar-refractivity contribution is -0.134. The molecule has 1 spiro atoms. The van der Waals surface area contributed by atoms with Gasteiger partial charge in [-0.3, -0.25) is 14.6 Å².